The first-order valence-corrected chi connectivity index (χ1v) is 7.41. The van der Waals surface area contributed by atoms with Gasteiger partial charge in [-0.15, -0.1) is 0 Å². The summed E-state index contributed by atoms with van der Waals surface area (Å²) >= 11 is 0. The second-order valence-electron chi connectivity index (χ2n) is 6.56. The zero-order valence-corrected chi connectivity index (χ0v) is 12.5. The fourth-order valence-corrected chi connectivity index (χ4v) is 2.38. The van der Waals surface area contributed by atoms with Crippen molar-refractivity contribution in [3.63, 3.8) is 0 Å². The molecule has 21 heavy (non-hydrogen) atoms. The van der Waals surface area contributed by atoms with Gasteiger partial charge in [-0.3, -0.25) is 9.78 Å². The molecule has 0 unspecified atom stereocenters. The van der Waals surface area contributed by atoms with E-state index < -0.39 is 5.54 Å². The third-order valence-corrected chi connectivity index (χ3v) is 3.68. The summed E-state index contributed by atoms with van der Waals surface area (Å²) in [5.74, 6) is 0.445. The number of aromatic nitrogens is 1. The highest BCUT2D eigenvalue weighted by atomic mass is 16.1. The van der Waals surface area contributed by atoms with Gasteiger partial charge in [-0.2, -0.15) is 0 Å². The lowest BCUT2D eigenvalue weighted by atomic mass is 10.0. The summed E-state index contributed by atoms with van der Waals surface area (Å²) in [6, 6.07) is 9.74. The standard InChI is InChI=1S/C17H21N3O/c1-17(2,18)10-19-16(21)13-9-15(11-7-8-11)20-14-6-4-3-5-12(13)14/h3-6,9,11H,7-8,10,18H2,1-2H3,(H,19,21). The average Bonchev–Trinajstić information content (AvgIpc) is 3.27. The van der Waals surface area contributed by atoms with Crippen LogP contribution in [-0.2, 0) is 0 Å². The molecule has 1 aromatic carbocycles. The fraction of sp³-hybridized carbons (Fsp3) is 0.412. The first kappa shape index (κ1) is 14.0. The van der Waals surface area contributed by atoms with Crippen LogP contribution in [0.15, 0.2) is 30.3 Å². The summed E-state index contributed by atoms with van der Waals surface area (Å²) in [7, 11) is 0. The van der Waals surface area contributed by atoms with Crippen molar-refractivity contribution in [3.05, 3.63) is 41.6 Å². The largest absolute Gasteiger partial charge is 0.350 e. The summed E-state index contributed by atoms with van der Waals surface area (Å²) in [5.41, 5.74) is 8.14. The molecule has 1 aromatic heterocycles. The number of nitrogens with one attached hydrogen (secondary N) is 1. The van der Waals surface area contributed by atoms with Crippen LogP contribution in [0.5, 0.6) is 0 Å². The minimum atomic E-state index is -0.419. The zero-order chi connectivity index (χ0) is 15.0. The molecule has 4 heteroatoms. The van der Waals surface area contributed by atoms with Crippen LogP contribution in [0.4, 0.5) is 0 Å². The number of benzene rings is 1. The van der Waals surface area contributed by atoms with Gasteiger partial charge >= 0.3 is 0 Å². The summed E-state index contributed by atoms with van der Waals surface area (Å²) in [4.78, 5) is 17.2. The first-order valence-electron chi connectivity index (χ1n) is 7.41. The highest BCUT2D eigenvalue weighted by Crippen LogP contribution is 2.40. The Hall–Kier alpha value is -1.94. The molecule has 1 aliphatic carbocycles. The first-order chi connectivity index (χ1) is 9.94. The maximum absolute atomic E-state index is 12.5. The molecule has 1 fully saturated rings. The second-order valence-corrected chi connectivity index (χ2v) is 6.56. The van der Waals surface area contributed by atoms with Gasteiger partial charge in [0.25, 0.3) is 5.91 Å². The van der Waals surface area contributed by atoms with Crippen molar-refractivity contribution in [2.45, 2.75) is 38.1 Å². The SMILES string of the molecule is CC(C)(N)CNC(=O)c1cc(C2CC2)nc2ccccc12. The van der Waals surface area contributed by atoms with E-state index in [1.807, 2.05) is 44.2 Å². The molecule has 3 rings (SSSR count). The number of fused-ring (bicyclic) bond motifs is 1. The lowest BCUT2D eigenvalue weighted by Crippen LogP contribution is -2.45. The number of hydrogen-bond donors (Lipinski definition) is 2. The van der Waals surface area contributed by atoms with E-state index >= 15 is 0 Å². The topological polar surface area (TPSA) is 68.0 Å². The molecule has 110 valence electrons. The van der Waals surface area contributed by atoms with Gasteiger partial charge in [-0.25, -0.2) is 0 Å². The Morgan fingerprint density at radius 2 is 2.10 bits per heavy atom. The number of carbonyl (C=O) groups is 1. The van der Waals surface area contributed by atoms with Gasteiger partial charge in [0.15, 0.2) is 0 Å². The van der Waals surface area contributed by atoms with Crippen molar-refractivity contribution < 1.29 is 4.79 Å². The molecular formula is C17H21N3O. The predicted molar refractivity (Wildman–Crippen MR) is 84.3 cm³/mol. The van der Waals surface area contributed by atoms with Crippen molar-refractivity contribution in [1.82, 2.24) is 10.3 Å². The minimum absolute atomic E-state index is 0.0750. The Kier molecular flexibility index (Phi) is 3.41. The zero-order valence-electron chi connectivity index (χ0n) is 12.5. The van der Waals surface area contributed by atoms with Crippen molar-refractivity contribution in [2.75, 3.05) is 6.54 Å². The number of nitrogens with zero attached hydrogens (tertiary/aromatic N) is 1. The third-order valence-electron chi connectivity index (χ3n) is 3.68. The van der Waals surface area contributed by atoms with Crippen LogP contribution in [0.3, 0.4) is 0 Å². The summed E-state index contributed by atoms with van der Waals surface area (Å²) in [6.45, 7) is 4.24. The highest BCUT2D eigenvalue weighted by molar-refractivity contribution is 6.06. The Morgan fingerprint density at radius 3 is 2.76 bits per heavy atom. The van der Waals surface area contributed by atoms with E-state index in [0.717, 1.165) is 16.6 Å². The average molecular weight is 283 g/mol. The highest BCUT2D eigenvalue weighted by Gasteiger charge is 2.27. The summed E-state index contributed by atoms with van der Waals surface area (Å²) in [5, 5.41) is 3.82. The normalized spacial score (nSPS) is 15.2. The van der Waals surface area contributed by atoms with Crippen LogP contribution >= 0.6 is 0 Å². The van der Waals surface area contributed by atoms with E-state index in [1.54, 1.807) is 0 Å². The van der Waals surface area contributed by atoms with E-state index in [2.05, 4.69) is 10.3 Å². The molecule has 0 aliphatic heterocycles. The van der Waals surface area contributed by atoms with Crippen molar-refractivity contribution in [2.24, 2.45) is 5.73 Å². The Morgan fingerprint density at radius 1 is 1.38 bits per heavy atom. The van der Waals surface area contributed by atoms with Gasteiger partial charge in [-0.1, -0.05) is 18.2 Å². The lowest BCUT2D eigenvalue weighted by molar-refractivity contribution is 0.0947. The lowest BCUT2D eigenvalue weighted by Gasteiger charge is -2.19. The number of para-hydroxylation sites is 1. The quantitative estimate of drug-likeness (QED) is 0.906. The van der Waals surface area contributed by atoms with Gasteiger partial charge in [0.05, 0.1) is 11.1 Å². The monoisotopic (exact) mass is 283 g/mol. The molecule has 0 radical (unpaired) electrons. The van der Waals surface area contributed by atoms with Gasteiger partial charge < -0.3 is 11.1 Å². The molecule has 1 amide bonds. The van der Waals surface area contributed by atoms with E-state index in [1.165, 1.54) is 12.8 Å². The van der Waals surface area contributed by atoms with E-state index in [0.29, 0.717) is 18.0 Å². The number of amides is 1. The summed E-state index contributed by atoms with van der Waals surface area (Å²) in [6.07, 6.45) is 2.34. The van der Waals surface area contributed by atoms with Gasteiger partial charge in [0.2, 0.25) is 0 Å². The van der Waals surface area contributed by atoms with Crippen LogP contribution in [0, 0.1) is 0 Å². The number of carbonyl (C=O) groups excluding carboxylic acids is 1. The van der Waals surface area contributed by atoms with Crippen LogP contribution < -0.4 is 11.1 Å². The molecule has 1 heterocycles. The molecule has 1 saturated carbocycles. The third kappa shape index (κ3) is 3.22. The van der Waals surface area contributed by atoms with Crippen molar-refractivity contribution >= 4 is 16.8 Å². The van der Waals surface area contributed by atoms with Crippen LogP contribution in [0.2, 0.25) is 0 Å². The number of rotatable bonds is 4. The number of nitrogens with two attached hydrogens (primary N) is 1. The second kappa shape index (κ2) is 5.11. The molecule has 3 N–H and O–H groups in total. The van der Waals surface area contributed by atoms with Gasteiger partial charge in [0, 0.05) is 29.1 Å². The molecule has 0 bridgehead atoms. The molecule has 1 aliphatic rings. The molecule has 0 saturated heterocycles. The van der Waals surface area contributed by atoms with E-state index in [9.17, 15) is 4.79 Å². The molecule has 4 nitrogen and oxygen atoms in total. The summed E-state index contributed by atoms with van der Waals surface area (Å²) < 4.78 is 0. The Bertz CT molecular complexity index is 684. The van der Waals surface area contributed by atoms with Crippen LogP contribution in [-0.4, -0.2) is 23.0 Å². The smallest absolute Gasteiger partial charge is 0.252 e. The van der Waals surface area contributed by atoms with E-state index in [4.69, 9.17) is 5.73 Å². The number of hydrogen-bond acceptors (Lipinski definition) is 3. The number of pyridine rings is 1. The Balaban J connectivity index is 1.97. The van der Waals surface area contributed by atoms with Crippen LogP contribution in [0.25, 0.3) is 10.9 Å². The van der Waals surface area contributed by atoms with E-state index in [-0.39, 0.29) is 5.91 Å². The van der Waals surface area contributed by atoms with Gasteiger partial charge in [-0.05, 0) is 38.8 Å². The molecular weight excluding hydrogens is 262 g/mol. The minimum Gasteiger partial charge on any atom is -0.350 e. The van der Waals surface area contributed by atoms with Gasteiger partial charge in [0.1, 0.15) is 0 Å². The molecule has 0 atom stereocenters. The Labute approximate surface area is 124 Å². The maximum atomic E-state index is 12.5. The fourth-order valence-electron chi connectivity index (χ4n) is 2.38. The molecule has 0 spiro atoms. The van der Waals surface area contributed by atoms with Crippen molar-refractivity contribution in [3.8, 4) is 0 Å². The van der Waals surface area contributed by atoms with Crippen molar-refractivity contribution in [1.29, 1.82) is 0 Å². The van der Waals surface area contributed by atoms with Crippen LogP contribution in [0.1, 0.15) is 48.7 Å². The molecule has 2 aromatic rings. The predicted octanol–water partition coefficient (Wildman–Crippen LogP) is 2.58. The maximum Gasteiger partial charge on any atom is 0.252 e.